The van der Waals surface area contributed by atoms with Crippen molar-refractivity contribution in [2.24, 2.45) is 28.7 Å². The van der Waals surface area contributed by atoms with Gasteiger partial charge in [-0.1, -0.05) is 0 Å². The molecule has 27 heavy (non-hydrogen) atoms. The number of aliphatic hydroxyl groups excluding tert-OH is 2. The molecule has 6 atom stereocenters. The summed E-state index contributed by atoms with van der Waals surface area (Å²) in [6, 6.07) is -1.94. The number of ether oxygens (including phenoxy) is 1. The molecule has 3 aliphatic rings. The smallest absolute Gasteiger partial charge is 0.410 e. The maximum absolute atomic E-state index is 13.1. The minimum Gasteiger partial charge on any atom is -0.460 e. The van der Waals surface area contributed by atoms with E-state index in [1.165, 1.54) is 0 Å². The average Bonchev–Trinajstić information content (AvgIpc) is 3.04. The summed E-state index contributed by atoms with van der Waals surface area (Å²) in [5.74, 6) is -3.37. The van der Waals surface area contributed by atoms with E-state index >= 15 is 0 Å². The fourth-order valence-corrected chi connectivity index (χ4v) is 4.73. The Balaban J connectivity index is 1.84. The second kappa shape index (κ2) is 7.50. The van der Waals surface area contributed by atoms with Crippen LogP contribution in [0, 0.1) is 23.7 Å². The zero-order valence-corrected chi connectivity index (χ0v) is 15.0. The molecule has 0 radical (unpaired) electrons. The number of alkyl halides is 3. The first-order valence-electron chi connectivity index (χ1n) is 9.26. The second-order valence-electron chi connectivity index (χ2n) is 7.83. The van der Waals surface area contributed by atoms with Crippen molar-refractivity contribution in [2.45, 2.75) is 63.5 Å². The van der Waals surface area contributed by atoms with E-state index in [1.807, 2.05) is 0 Å². The SMILES string of the molecule is CC(=O)OCC1=NC(C(F)(F)F)CCC1C(=O)C1C(O)C2CCC(C2)C1O. The van der Waals surface area contributed by atoms with Gasteiger partial charge in [0.15, 0.2) is 0 Å². The molecule has 3 rings (SSSR count). The normalized spacial score (nSPS) is 39.0. The summed E-state index contributed by atoms with van der Waals surface area (Å²) in [6.07, 6.45) is -4.92. The van der Waals surface area contributed by atoms with E-state index < -0.39 is 54.6 Å². The molecule has 1 heterocycles. The van der Waals surface area contributed by atoms with E-state index in [9.17, 15) is 33.0 Å². The number of esters is 1. The lowest BCUT2D eigenvalue weighted by atomic mass is 9.70. The molecular weight excluding hydrogens is 367 g/mol. The Bertz CT molecular complexity index is 619. The van der Waals surface area contributed by atoms with Gasteiger partial charge in [0.2, 0.25) is 0 Å². The highest BCUT2D eigenvalue weighted by Crippen LogP contribution is 2.46. The van der Waals surface area contributed by atoms with E-state index in [4.69, 9.17) is 4.74 Å². The maximum atomic E-state index is 13.1. The van der Waals surface area contributed by atoms with Gasteiger partial charge in [-0.15, -0.1) is 0 Å². The Kier molecular flexibility index (Phi) is 5.63. The van der Waals surface area contributed by atoms with E-state index in [2.05, 4.69) is 4.99 Å². The molecule has 6 nitrogen and oxygen atoms in total. The zero-order valence-electron chi connectivity index (χ0n) is 15.0. The Hall–Kier alpha value is -1.48. The van der Waals surface area contributed by atoms with Crippen molar-refractivity contribution in [3.8, 4) is 0 Å². The summed E-state index contributed by atoms with van der Waals surface area (Å²) in [5.41, 5.74) is -0.138. The molecule has 2 N–H and O–H groups in total. The number of aliphatic hydroxyl groups is 2. The Morgan fingerprint density at radius 2 is 1.70 bits per heavy atom. The summed E-state index contributed by atoms with van der Waals surface area (Å²) in [5, 5.41) is 21.1. The molecule has 2 bridgehead atoms. The number of fused-ring (bicyclic) bond motifs is 2. The van der Waals surface area contributed by atoms with E-state index in [0.717, 1.165) is 19.8 Å². The predicted octanol–water partition coefficient (Wildman–Crippen LogP) is 1.67. The number of Topliss-reactive ketones (excluding diaryl/α,β-unsaturated/α-hetero) is 1. The highest BCUT2D eigenvalue weighted by Gasteiger charge is 2.52. The zero-order chi connectivity index (χ0) is 19.9. The van der Waals surface area contributed by atoms with Gasteiger partial charge in [0.25, 0.3) is 0 Å². The lowest BCUT2D eigenvalue weighted by Crippen LogP contribution is -2.51. The van der Waals surface area contributed by atoms with Crippen molar-refractivity contribution >= 4 is 17.5 Å². The third kappa shape index (κ3) is 4.03. The molecule has 0 spiro atoms. The number of rotatable bonds is 4. The lowest BCUT2D eigenvalue weighted by Gasteiger charge is -2.39. The molecule has 0 aromatic carbocycles. The van der Waals surface area contributed by atoms with Crippen LogP contribution in [0.2, 0.25) is 0 Å². The van der Waals surface area contributed by atoms with Crippen LogP contribution in [0.15, 0.2) is 4.99 Å². The van der Waals surface area contributed by atoms with Gasteiger partial charge >= 0.3 is 12.1 Å². The quantitative estimate of drug-likeness (QED) is 0.711. The fourth-order valence-electron chi connectivity index (χ4n) is 4.73. The fraction of sp³-hybridized carbons (Fsp3) is 0.833. The summed E-state index contributed by atoms with van der Waals surface area (Å²) in [6.45, 7) is 0.623. The molecule has 2 saturated carbocycles. The maximum Gasteiger partial charge on any atom is 0.410 e. The monoisotopic (exact) mass is 391 g/mol. The van der Waals surface area contributed by atoms with Crippen LogP contribution >= 0.6 is 0 Å². The second-order valence-corrected chi connectivity index (χ2v) is 7.83. The molecular formula is C18H24F3NO5. The Morgan fingerprint density at radius 1 is 1.11 bits per heavy atom. The van der Waals surface area contributed by atoms with Crippen molar-refractivity contribution in [2.75, 3.05) is 6.61 Å². The molecule has 1 aliphatic heterocycles. The number of hydrogen-bond donors (Lipinski definition) is 2. The first kappa shape index (κ1) is 20.3. The van der Waals surface area contributed by atoms with Gasteiger partial charge in [-0.25, -0.2) is 0 Å². The largest absolute Gasteiger partial charge is 0.460 e. The van der Waals surface area contributed by atoms with Crippen LogP contribution in [-0.4, -0.2) is 58.7 Å². The van der Waals surface area contributed by atoms with Gasteiger partial charge in [0.05, 0.1) is 29.8 Å². The van der Waals surface area contributed by atoms with Gasteiger partial charge in [-0.05, 0) is 43.9 Å². The van der Waals surface area contributed by atoms with Gasteiger partial charge in [-0.3, -0.25) is 14.6 Å². The van der Waals surface area contributed by atoms with Crippen LogP contribution in [0.4, 0.5) is 13.2 Å². The van der Waals surface area contributed by atoms with Crippen LogP contribution in [0.25, 0.3) is 0 Å². The van der Waals surface area contributed by atoms with Crippen LogP contribution in [0.1, 0.15) is 39.0 Å². The van der Waals surface area contributed by atoms with Crippen LogP contribution in [-0.2, 0) is 14.3 Å². The average molecular weight is 391 g/mol. The molecule has 0 amide bonds. The third-order valence-electron chi connectivity index (χ3n) is 6.14. The van der Waals surface area contributed by atoms with Crippen molar-refractivity contribution in [3.63, 3.8) is 0 Å². The molecule has 0 saturated heterocycles. The summed E-state index contributed by atoms with van der Waals surface area (Å²) in [7, 11) is 0. The van der Waals surface area contributed by atoms with Crippen molar-refractivity contribution < 1.29 is 37.7 Å². The van der Waals surface area contributed by atoms with E-state index in [-0.39, 0.29) is 30.4 Å². The standard InChI is InChI=1S/C18H24F3NO5/c1-8(23)27-7-12-11(4-5-13(22-12)18(19,20)21)17(26)14-15(24)9-2-3-10(6-9)16(14)25/h9-11,13-16,24-25H,2-7H2,1H3. The van der Waals surface area contributed by atoms with Crippen LogP contribution in [0.5, 0.6) is 0 Å². The topological polar surface area (TPSA) is 96.2 Å². The van der Waals surface area contributed by atoms with Gasteiger partial charge < -0.3 is 14.9 Å². The lowest BCUT2D eigenvalue weighted by molar-refractivity contribution is -0.153. The molecule has 2 fully saturated rings. The highest BCUT2D eigenvalue weighted by atomic mass is 19.4. The number of carbonyl (C=O) groups is 2. The molecule has 6 unspecified atom stereocenters. The molecule has 9 heteroatoms. The van der Waals surface area contributed by atoms with Crippen molar-refractivity contribution in [1.82, 2.24) is 0 Å². The number of carbonyl (C=O) groups excluding carboxylic acids is 2. The number of ketones is 1. The summed E-state index contributed by atoms with van der Waals surface area (Å²) in [4.78, 5) is 27.8. The number of hydrogen-bond acceptors (Lipinski definition) is 6. The molecule has 0 aromatic rings. The van der Waals surface area contributed by atoms with Crippen LogP contribution < -0.4 is 0 Å². The molecule has 152 valence electrons. The Labute approximate surface area is 154 Å². The number of aliphatic imine (C=N–C) groups is 1. The highest BCUT2D eigenvalue weighted by molar-refractivity contribution is 6.07. The number of halogens is 3. The van der Waals surface area contributed by atoms with E-state index in [1.54, 1.807) is 0 Å². The summed E-state index contributed by atoms with van der Waals surface area (Å²) < 4.78 is 44.0. The van der Waals surface area contributed by atoms with E-state index in [0.29, 0.717) is 6.42 Å². The first-order chi connectivity index (χ1) is 12.6. The van der Waals surface area contributed by atoms with Gasteiger partial charge in [0, 0.05) is 6.92 Å². The molecule has 2 aliphatic carbocycles. The minimum absolute atomic E-state index is 0.0762. The summed E-state index contributed by atoms with van der Waals surface area (Å²) >= 11 is 0. The Morgan fingerprint density at radius 3 is 2.22 bits per heavy atom. The van der Waals surface area contributed by atoms with Gasteiger partial charge in [-0.2, -0.15) is 13.2 Å². The molecule has 0 aromatic heterocycles. The predicted molar refractivity (Wildman–Crippen MR) is 88.0 cm³/mol. The minimum atomic E-state index is -4.54. The van der Waals surface area contributed by atoms with Crippen molar-refractivity contribution in [1.29, 1.82) is 0 Å². The third-order valence-corrected chi connectivity index (χ3v) is 6.14. The van der Waals surface area contributed by atoms with Crippen LogP contribution in [0.3, 0.4) is 0 Å². The number of nitrogens with zero attached hydrogens (tertiary/aromatic N) is 1. The first-order valence-corrected chi connectivity index (χ1v) is 9.26. The van der Waals surface area contributed by atoms with Crippen molar-refractivity contribution in [3.05, 3.63) is 0 Å². The van der Waals surface area contributed by atoms with Gasteiger partial charge in [0.1, 0.15) is 18.4 Å².